The first kappa shape index (κ1) is 24.0. The maximum absolute atomic E-state index is 13.8. The maximum atomic E-state index is 13.8. The summed E-state index contributed by atoms with van der Waals surface area (Å²) in [5, 5.41) is 16.2. The van der Waals surface area contributed by atoms with Crippen molar-refractivity contribution in [2.45, 2.75) is 81.6 Å². The summed E-state index contributed by atoms with van der Waals surface area (Å²) in [6.07, 6.45) is 0.0683. The van der Waals surface area contributed by atoms with Crippen LogP contribution in [-0.4, -0.2) is 29.2 Å². The summed E-state index contributed by atoms with van der Waals surface area (Å²) in [5.74, 6) is -0.149. The van der Waals surface area contributed by atoms with Crippen molar-refractivity contribution in [3.8, 4) is 5.75 Å². The van der Waals surface area contributed by atoms with Crippen LogP contribution in [0.1, 0.15) is 79.5 Å². The first-order valence-corrected chi connectivity index (χ1v) is 12.4. The molecule has 8 heteroatoms. The molecular weight excluding hydrogens is 457 g/mol. The summed E-state index contributed by atoms with van der Waals surface area (Å²) in [6.45, 7) is 2.81. The Morgan fingerprint density at radius 1 is 1.11 bits per heavy atom. The van der Waals surface area contributed by atoms with Gasteiger partial charge in [0.2, 0.25) is 0 Å². The Bertz CT molecular complexity index is 1110. The topological polar surface area (TPSA) is 70.6 Å². The highest BCUT2D eigenvalue weighted by molar-refractivity contribution is 5.70. The second kappa shape index (κ2) is 9.04. The van der Waals surface area contributed by atoms with Gasteiger partial charge in [-0.05, 0) is 79.6 Å². The molecule has 3 atom stereocenters. The minimum Gasteiger partial charge on any atom is -0.489 e. The molecule has 188 valence electrons. The van der Waals surface area contributed by atoms with E-state index in [2.05, 4.69) is 10.6 Å². The molecule has 2 heterocycles. The van der Waals surface area contributed by atoms with Crippen LogP contribution in [0, 0.1) is 0 Å². The molecule has 1 saturated carbocycles. The lowest BCUT2D eigenvalue weighted by molar-refractivity contribution is -0.139. The van der Waals surface area contributed by atoms with E-state index in [0.29, 0.717) is 16.9 Å². The normalized spacial score (nSPS) is 26.2. The van der Waals surface area contributed by atoms with E-state index in [1.54, 1.807) is 12.1 Å². The zero-order chi connectivity index (χ0) is 24.8. The standard InChI is InChI=1S/C27H31F3N2O3/c1-26-21(10-11-31-24(26)14-25(33)34)20-13-18(7-9-23(20)32-26)35-15-16-6-8-19(17-4-2-3-5-17)22(12-16)27(28,29)30/h6-9,12-13,17,21,24,31-32H,2-5,10-11,14-15H2,1H3,(H,33,34). The van der Waals surface area contributed by atoms with Gasteiger partial charge in [-0.3, -0.25) is 4.79 Å². The Kier molecular flexibility index (Phi) is 6.20. The molecule has 2 aromatic rings. The predicted octanol–water partition coefficient (Wildman–Crippen LogP) is 6.05. The fraction of sp³-hybridized carbons (Fsp3) is 0.519. The van der Waals surface area contributed by atoms with Crippen LogP contribution < -0.4 is 15.4 Å². The Morgan fingerprint density at radius 3 is 2.60 bits per heavy atom. The molecule has 3 N–H and O–H groups in total. The molecule has 2 fully saturated rings. The van der Waals surface area contributed by atoms with E-state index in [-0.39, 0.29) is 30.9 Å². The minimum absolute atomic E-state index is 0.0185. The van der Waals surface area contributed by atoms with Crippen molar-refractivity contribution in [3.05, 3.63) is 58.7 Å². The third-order valence-corrected chi connectivity index (χ3v) is 8.08. The predicted molar refractivity (Wildman–Crippen MR) is 127 cm³/mol. The molecule has 0 radical (unpaired) electrons. The molecule has 5 rings (SSSR count). The number of ether oxygens (including phenoxy) is 1. The van der Waals surface area contributed by atoms with Crippen molar-refractivity contribution < 1.29 is 27.8 Å². The smallest absolute Gasteiger partial charge is 0.416 e. The van der Waals surface area contributed by atoms with E-state index < -0.39 is 23.2 Å². The fourth-order valence-corrected chi connectivity index (χ4v) is 6.29. The largest absolute Gasteiger partial charge is 0.489 e. The molecule has 3 unspecified atom stereocenters. The van der Waals surface area contributed by atoms with Crippen LogP contribution in [0.3, 0.4) is 0 Å². The number of aliphatic carboxylic acids is 1. The van der Waals surface area contributed by atoms with E-state index in [1.807, 2.05) is 25.1 Å². The molecule has 35 heavy (non-hydrogen) atoms. The molecule has 1 saturated heterocycles. The number of rotatable bonds is 6. The number of fused-ring (bicyclic) bond motifs is 3. The molecular formula is C27H31F3N2O3. The minimum atomic E-state index is -4.39. The van der Waals surface area contributed by atoms with Gasteiger partial charge in [-0.2, -0.15) is 13.2 Å². The number of carboxylic acid groups (broad SMARTS) is 1. The number of hydrogen-bond acceptors (Lipinski definition) is 4. The molecule has 0 spiro atoms. The molecule has 3 aliphatic rings. The van der Waals surface area contributed by atoms with Gasteiger partial charge in [0.15, 0.2) is 0 Å². The Hall–Kier alpha value is -2.74. The number of piperidine rings is 1. The van der Waals surface area contributed by atoms with Crippen molar-refractivity contribution in [1.29, 1.82) is 0 Å². The maximum Gasteiger partial charge on any atom is 0.416 e. The summed E-state index contributed by atoms with van der Waals surface area (Å²) < 4.78 is 47.4. The van der Waals surface area contributed by atoms with Crippen LogP contribution >= 0.6 is 0 Å². The Balaban J connectivity index is 1.34. The SMILES string of the molecule is CC12Nc3ccc(OCc4ccc(C5CCCC5)c(C(F)(F)F)c4)cc3C1CCNC2CC(=O)O. The van der Waals surface area contributed by atoms with Gasteiger partial charge in [-0.15, -0.1) is 0 Å². The summed E-state index contributed by atoms with van der Waals surface area (Å²) in [5.41, 5.74) is 1.93. The van der Waals surface area contributed by atoms with E-state index >= 15 is 0 Å². The molecule has 5 nitrogen and oxygen atoms in total. The van der Waals surface area contributed by atoms with Crippen LogP contribution in [0.2, 0.25) is 0 Å². The van der Waals surface area contributed by atoms with Crippen molar-refractivity contribution in [2.24, 2.45) is 0 Å². The lowest BCUT2D eigenvalue weighted by Crippen LogP contribution is -2.59. The molecule has 0 aromatic heterocycles. The first-order chi connectivity index (χ1) is 16.6. The first-order valence-electron chi connectivity index (χ1n) is 12.4. The van der Waals surface area contributed by atoms with Crippen molar-refractivity contribution in [2.75, 3.05) is 11.9 Å². The highest BCUT2D eigenvalue weighted by Crippen LogP contribution is 2.49. The lowest BCUT2D eigenvalue weighted by Gasteiger charge is -2.44. The molecule has 2 aromatic carbocycles. The second-order valence-electron chi connectivity index (χ2n) is 10.3. The fourth-order valence-electron chi connectivity index (χ4n) is 6.29. The molecule has 1 aliphatic carbocycles. The van der Waals surface area contributed by atoms with Gasteiger partial charge in [-0.1, -0.05) is 25.0 Å². The number of alkyl halides is 3. The van der Waals surface area contributed by atoms with E-state index in [9.17, 15) is 23.1 Å². The van der Waals surface area contributed by atoms with Crippen LogP contribution in [0.15, 0.2) is 36.4 Å². The van der Waals surface area contributed by atoms with Gasteiger partial charge < -0.3 is 20.5 Å². The summed E-state index contributed by atoms with van der Waals surface area (Å²) in [4.78, 5) is 11.4. The molecule has 0 amide bonds. The van der Waals surface area contributed by atoms with E-state index in [4.69, 9.17) is 4.74 Å². The summed E-state index contributed by atoms with van der Waals surface area (Å²) in [7, 11) is 0. The Morgan fingerprint density at radius 2 is 1.89 bits per heavy atom. The van der Waals surface area contributed by atoms with Gasteiger partial charge in [0.1, 0.15) is 12.4 Å². The van der Waals surface area contributed by atoms with E-state index in [1.165, 1.54) is 6.07 Å². The van der Waals surface area contributed by atoms with Crippen molar-refractivity contribution in [1.82, 2.24) is 5.32 Å². The number of nitrogens with one attached hydrogen (secondary N) is 2. The van der Waals surface area contributed by atoms with Crippen LogP contribution in [0.5, 0.6) is 5.75 Å². The summed E-state index contributed by atoms with van der Waals surface area (Å²) in [6, 6.07) is 10.1. The average Bonchev–Trinajstić information content (AvgIpc) is 3.43. The number of halogens is 3. The van der Waals surface area contributed by atoms with Gasteiger partial charge in [0, 0.05) is 17.6 Å². The second-order valence-corrected chi connectivity index (χ2v) is 10.3. The Labute approximate surface area is 203 Å². The van der Waals surface area contributed by atoms with Gasteiger partial charge in [0.05, 0.1) is 17.5 Å². The zero-order valence-electron chi connectivity index (χ0n) is 19.8. The molecule has 0 bridgehead atoms. The van der Waals surface area contributed by atoms with E-state index in [0.717, 1.165) is 49.9 Å². The van der Waals surface area contributed by atoms with Crippen molar-refractivity contribution in [3.63, 3.8) is 0 Å². The zero-order valence-corrected chi connectivity index (χ0v) is 19.8. The number of anilines is 1. The third kappa shape index (κ3) is 4.60. The van der Waals surface area contributed by atoms with Gasteiger partial charge >= 0.3 is 12.1 Å². The highest BCUT2D eigenvalue weighted by Gasteiger charge is 2.50. The van der Waals surface area contributed by atoms with Gasteiger partial charge in [-0.25, -0.2) is 0 Å². The number of carbonyl (C=O) groups is 1. The monoisotopic (exact) mass is 488 g/mol. The lowest BCUT2D eigenvalue weighted by atomic mass is 9.73. The van der Waals surface area contributed by atoms with Crippen molar-refractivity contribution >= 4 is 11.7 Å². The summed E-state index contributed by atoms with van der Waals surface area (Å²) >= 11 is 0. The highest BCUT2D eigenvalue weighted by atomic mass is 19.4. The average molecular weight is 489 g/mol. The number of benzene rings is 2. The number of carboxylic acids is 1. The quantitative estimate of drug-likeness (QED) is 0.462. The van der Waals surface area contributed by atoms with Crippen LogP contribution in [0.4, 0.5) is 18.9 Å². The van der Waals surface area contributed by atoms with Gasteiger partial charge in [0.25, 0.3) is 0 Å². The molecule has 2 aliphatic heterocycles. The number of hydrogen-bond donors (Lipinski definition) is 3. The van der Waals surface area contributed by atoms with Crippen LogP contribution in [-0.2, 0) is 17.6 Å². The van der Waals surface area contributed by atoms with Crippen LogP contribution in [0.25, 0.3) is 0 Å². The third-order valence-electron chi connectivity index (χ3n) is 8.08.